The van der Waals surface area contributed by atoms with Crippen molar-refractivity contribution in [3.05, 3.63) is 22.1 Å². The Labute approximate surface area is 123 Å². The molecule has 0 fully saturated rings. The Balaban J connectivity index is 2.11. The van der Waals surface area contributed by atoms with Gasteiger partial charge in [0.15, 0.2) is 14.2 Å². The van der Waals surface area contributed by atoms with Crippen molar-refractivity contribution in [3.63, 3.8) is 0 Å². The summed E-state index contributed by atoms with van der Waals surface area (Å²) in [4.78, 5) is 12.6. The summed E-state index contributed by atoms with van der Waals surface area (Å²) < 4.78 is 24.8. The van der Waals surface area contributed by atoms with Crippen molar-refractivity contribution in [3.8, 4) is 0 Å². The lowest BCUT2D eigenvalue weighted by Crippen LogP contribution is -2.02. The van der Waals surface area contributed by atoms with Gasteiger partial charge in [0, 0.05) is 17.5 Å². The lowest BCUT2D eigenvalue weighted by Gasteiger charge is -2.04. The molecule has 1 aliphatic rings. The summed E-state index contributed by atoms with van der Waals surface area (Å²) in [5.74, 6) is 0.0712. The van der Waals surface area contributed by atoms with Crippen LogP contribution in [0.5, 0.6) is 0 Å². The third-order valence-electron chi connectivity index (χ3n) is 2.58. The molecule has 0 aromatic carbocycles. The molecule has 19 heavy (non-hydrogen) atoms. The van der Waals surface area contributed by atoms with Crippen LogP contribution in [0.1, 0.15) is 11.4 Å². The normalized spacial score (nSPS) is 16.5. The van der Waals surface area contributed by atoms with Crippen molar-refractivity contribution in [2.75, 3.05) is 5.75 Å². The number of fused-ring (bicyclic) bond motifs is 1. The van der Waals surface area contributed by atoms with Gasteiger partial charge in [0.25, 0.3) is 0 Å². The van der Waals surface area contributed by atoms with Crippen LogP contribution in [-0.4, -0.2) is 29.1 Å². The molecule has 0 spiro atoms. The second kappa shape index (κ2) is 4.69. The molecule has 0 unspecified atom stereocenters. The molecule has 0 radical (unpaired) electrons. The fraction of sp³-hybridized carbons (Fsp3) is 0.300. The lowest BCUT2D eigenvalue weighted by atomic mass is 10.3. The van der Waals surface area contributed by atoms with E-state index in [9.17, 15) is 8.42 Å². The fourth-order valence-corrected chi connectivity index (χ4v) is 5.81. The molecular formula is C10H8ClN3O2S3. The van der Waals surface area contributed by atoms with Gasteiger partial charge < -0.3 is 0 Å². The van der Waals surface area contributed by atoms with Crippen molar-refractivity contribution in [1.82, 2.24) is 15.0 Å². The number of thiazole rings is 1. The number of aryl methyl sites for hydroxylation is 2. The van der Waals surface area contributed by atoms with Crippen LogP contribution in [0.15, 0.2) is 19.6 Å². The zero-order valence-electron chi connectivity index (χ0n) is 9.75. The smallest absolute Gasteiger partial charge is 0.223 e. The first-order chi connectivity index (χ1) is 8.95. The van der Waals surface area contributed by atoms with Crippen LogP contribution in [-0.2, 0) is 16.3 Å². The first-order valence-corrected chi connectivity index (χ1v) is 9.07. The molecule has 0 atom stereocenters. The fourth-order valence-electron chi connectivity index (χ4n) is 1.79. The first kappa shape index (κ1) is 13.3. The topological polar surface area (TPSA) is 72.8 Å². The second-order valence-electron chi connectivity index (χ2n) is 4.00. The molecule has 1 aliphatic heterocycles. The predicted octanol–water partition coefficient (Wildman–Crippen LogP) is 2.38. The van der Waals surface area contributed by atoms with E-state index < -0.39 is 9.84 Å². The van der Waals surface area contributed by atoms with Crippen LogP contribution in [0.2, 0.25) is 5.28 Å². The van der Waals surface area contributed by atoms with Gasteiger partial charge in [-0.1, -0.05) is 0 Å². The molecule has 3 heterocycles. The molecule has 9 heteroatoms. The predicted molar refractivity (Wildman–Crippen MR) is 73.8 cm³/mol. The summed E-state index contributed by atoms with van der Waals surface area (Å²) in [5, 5.41) is 2.35. The van der Waals surface area contributed by atoms with Gasteiger partial charge >= 0.3 is 0 Å². The van der Waals surface area contributed by atoms with Gasteiger partial charge in [0.2, 0.25) is 5.28 Å². The van der Waals surface area contributed by atoms with Crippen LogP contribution in [0, 0.1) is 6.92 Å². The van der Waals surface area contributed by atoms with Crippen LogP contribution in [0.4, 0.5) is 0 Å². The molecule has 0 saturated heterocycles. The molecule has 0 aliphatic carbocycles. The molecule has 0 bridgehead atoms. The van der Waals surface area contributed by atoms with Crippen molar-refractivity contribution in [2.24, 2.45) is 0 Å². The van der Waals surface area contributed by atoms with E-state index in [4.69, 9.17) is 11.6 Å². The maximum absolute atomic E-state index is 12.0. The van der Waals surface area contributed by atoms with Crippen LogP contribution in [0.3, 0.4) is 0 Å². The minimum Gasteiger partial charge on any atom is -0.235 e. The van der Waals surface area contributed by atoms with Crippen LogP contribution in [0.25, 0.3) is 0 Å². The molecule has 0 amide bonds. The Hall–Kier alpha value is -0.700. The maximum atomic E-state index is 12.0. The van der Waals surface area contributed by atoms with Crippen molar-refractivity contribution in [2.45, 2.75) is 27.6 Å². The molecule has 3 rings (SSSR count). The summed E-state index contributed by atoms with van der Waals surface area (Å²) in [7, 11) is -3.29. The molecule has 2 aromatic rings. The number of halogens is 1. The highest BCUT2D eigenvalue weighted by Gasteiger charge is 2.33. The number of rotatable bonds is 2. The highest BCUT2D eigenvalue weighted by molar-refractivity contribution is 8.01. The van der Waals surface area contributed by atoms with Crippen LogP contribution >= 0.6 is 34.7 Å². The third kappa shape index (κ3) is 2.49. The average molecular weight is 334 g/mol. The minimum atomic E-state index is -3.29. The van der Waals surface area contributed by atoms with Gasteiger partial charge in [-0.25, -0.2) is 23.4 Å². The van der Waals surface area contributed by atoms with E-state index in [2.05, 4.69) is 15.0 Å². The molecule has 100 valence electrons. The number of hydrogen-bond acceptors (Lipinski definition) is 7. The first-order valence-electron chi connectivity index (χ1n) is 5.35. The Bertz CT molecular complexity index is 757. The summed E-state index contributed by atoms with van der Waals surface area (Å²) in [5.41, 5.74) is 1.41. The Morgan fingerprint density at radius 1 is 1.37 bits per heavy atom. The number of aromatic nitrogens is 3. The van der Waals surface area contributed by atoms with E-state index in [1.165, 1.54) is 23.1 Å². The highest BCUT2D eigenvalue weighted by Crippen LogP contribution is 2.38. The summed E-state index contributed by atoms with van der Waals surface area (Å²) >= 11 is 8.52. The Morgan fingerprint density at radius 2 is 2.16 bits per heavy atom. The summed E-state index contributed by atoms with van der Waals surface area (Å²) in [6, 6.07) is 0. The van der Waals surface area contributed by atoms with Gasteiger partial charge in [-0.2, -0.15) is 0 Å². The SMILES string of the molecule is Cc1csc(Sc2nc(Cl)nc3c2S(=O)(=O)CC3)n1. The molecular weight excluding hydrogens is 326 g/mol. The lowest BCUT2D eigenvalue weighted by molar-refractivity contribution is 0.597. The van der Waals surface area contributed by atoms with Gasteiger partial charge in [-0.15, -0.1) is 11.3 Å². The van der Waals surface area contributed by atoms with Crippen LogP contribution < -0.4 is 0 Å². The minimum absolute atomic E-state index is 0.0712. The monoisotopic (exact) mass is 333 g/mol. The second-order valence-corrected chi connectivity index (χ2v) is 8.48. The van der Waals surface area contributed by atoms with Gasteiger partial charge in [-0.05, 0) is 30.3 Å². The van der Waals surface area contributed by atoms with E-state index >= 15 is 0 Å². The molecule has 0 N–H and O–H groups in total. The molecule has 2 aromatic heterocycles. The van der Waals surface area contributed by atoms with E-state index in [0.717, 1.165) is 10.0 Å². The van der Waals surface area contributed by atoms with Crippen molar-refractivity contribution >= 4 is 44.5 Å². The number of sulfone groups is 1. The van der Waals surface area contributed by atoms with Crippen molar-refractivity contribution < 1.29 is 8.42 Å². The van der Waals surface area contributed by atoms with E-state index in [1.54, 1.807) is 0 Å². The van der Waals surface area contributed by atoms with E-state index in [1.807, 2.05) is 12.3 Å². The van der Waals surface area contributed by atoms with Gasteiger partial charge in [0.05, 0.1) is 11.4 Å². The zero-order chi connectivity index (χ0) is 13.6. The number of nitrogens with zero attached hydrogens (tertiary/aromatic N) is 3. The molecule has 5 nitrogen and oxygen atoms in total. The highest BCUT2D eigenvalue weighted by atomic mass is 35.5. The maximum Gasteiger partial charge on any atom is 0.223 e. The largest absolute Gasteiger partial charge is 0.235 e. The quantitative estimate of drug-likeness (QED) is 0.620. The Kier molecular flexibility index (Phi) is 3.28. The van der Waals surface area contributed by atoms with Gasteiger partial charge in [0.1, 0.15) is 9.92 Å². The summed E-state index contributed by atoms with van der Waals surface area (Å²) in [6.07, 6.45) is 0.393. The summed E-state index contributed by atoms with van der Waals surface area (Å²) in [6.45, 7) is 1.88. The number of hydrogen-bond donors (Lipinski definition) is 0. The Morgan fingerprint density at radius 3 is 2.84 bits per heavy atom. The van der Waals surface area contributed by atoms with Gasteiger partial charge in [-0.3, -0.25) is 0 Å². The average Bonchev–Trinajstić information content (AvgIpc) is 2.83. The molecule has 0 saturated carbocycles. The van der Waals surface area contributed by atoms with Crippen molar-refractivity contribution in [1.29, 1.82) is 0 Å². The van der Waals surface area contributed by atoms with E-state index in [-0.39, 0.29) is 15.9 Å². The zero-order valence-corrected chi connectivity index (χ0v) is 13.0. The van der Waals surface area contributed by atoms with E-state index in [0.29, 0.717) is 17.1 Å². The third-order valence-corrected chi connectivity index (χ3v) is 6.71. The standard InChI is InChI=1S/C10H8ClN3O2S3/c1-5-4-17-10(12-5)18-8-7-6(13-9(11)14-8)2-3-19(7,15)16/h4H,2-3H2,1H3.